The van der Waals surface area contributed by atoms with E-state index in [1.54, 1.807) is 12.1 Å². The minimum atomic E-state index is 0.301. The summed E-state index contributed by atoms with van der Waals surface area (Å²) in [7, 11) is 0. The molecule has 0 saturated heterocycles. The van der Waals surface area contributed by atoms with Crippen molar-refractivity contribution in [3.05, 3.63) is 53.6 Å². The average molecular weight is 241 g/mol. The van der Waals surface area contributed by atoms with Gasteiger partial charge in [0.25, 0.3) is 0 Å². The van der Waals surface area contributed by atoms with Gasteiger partial charge in [-0.1, -0.05) is 6.07 Å². The van der Waals surface area contributed by atoms with E-state index in [9.17, 15) is 5.11 Å². The molecule has 0 heterocycles. The molecule has 0 aliphatic rings. The normalized spacial score (nSPS) is 10.4. The van der Waals surface area contributed by atoms with E-state index in [-0.39, 0.29) is 0 Å². The standard InChI is InChI=1S/C16H19NO/c1-4-17(14-5-7-16(18)8-6-14)15-10-12(2)9-13(3)11-15/h5-11,18H,4H2,1-3H3. The van der Waals surface area contributed by atoms with Gasteiger partial charge in [-0.25, -0.2) is 0 Å². The lowest BCUT2D eigenvalue weighted by Gasteiger charge is -2.24. The highest BCUT2D eigenvalue weighted by molar-refractivity contribution is 5.65. The van der Waals surface area contributed by atoms with E-state index in [1.165, 1.54) is 16.8 Å². The zero-order valence-electron chi connectivity index (χ0n) is 11.1. The molecule has 0 bridgehead atoms. The minimum Gasteiger partial charge on any atom is -0.508 e. The molecular formula is C16H19NO. The molecular weight excluding hydrogens is 222 g/mol. The van der Waals surface area contributed by atoms with Gasteiger partial charge in [-0.15, -0.1) is 0 Å². The van der Waals surface area contributed by atoms with E-state index in [2.05, 4.69) is 43.9 Å². The van der Waals surface area contributed by atoms with Crippen molar-refractivity contribution < 1.29 is 5.11 Å². The number of hydrogen-bond acceptors (Lipinski definition) is 2. The number of hydrogen-bond donors (Lipinski definition) is 1. The third-order valence-corrected chi connectivity index (χ3v) is 3.00. The largest absolute Gasteiger partial charge is 0.508 e. The van der Waals surface area contributed by atoms with E-state index in [4.69, 9.17) is 0 Å². The zero-order valence-corrected chi connectivity index (χ0v) is 11.1. The molecule has 0 unspecified atom stereocenters. The van der Waals surface area contributed by atoms with Crippen LogP contribution in [0.3, 0.4) is 0 Å². The van der Waals surface area contributed by atoms with Crippen LogP contribution in [0.5, 0.6) is 5.75 Å². The fourth-order valence-corrected chi connectivity index (χ4v) is 2.25. The van der Waals surface area contributed by atoms with Gasteiger partial charge in [0.1, 0.15) is 5.75 Å². The van der Waals surface area contributed by atoms with Crippen molar-refractivity contribution in [2.45, 2.75) is 20.8 Å². The average Bonchev–Trinajstić information content (AvgIpc) is 2.31. The van der Waals surface area contributed by atoms with E-state index < -0.39 is 0 Å². The van der Waals surface area contributed by atoms with E-state index in [1.807, 2.05) is 12.1 Å². The van der Waals surface area contributed by atoms with Crippen LogP contribution < -0.4 is 4.90 Å². The molecule has 0 aromatic heterocycles. The summed E-state index contributed by atoms with van der Waals surface area (Å²) in [5.41, 5.74) is 4.82. The Labute approximate surface area is 109 Å². The molecule has 0 radical (unpaired) electrons. The van der Waals surface area contributed by atoms with Crippen molar-refractivity contribution in [2.24, 2.45) is 0 Å². The molecule has 0 aliphatic carbocycles. The predicted molar refractivity (Wildman–Crippen MR) is 76.7 cm³/mol. The first-order valence-corrected chi connectivity index (χ1v) is 6.25. The first kappa shape index (κ1) is 12.5. The number of benzene rings is 2. The molecule has 0 saturated carbocycles. The Morgan fingerprint density at radius 2 is 1.44 bits per heavy atom. The lowest BCUT2D eigenvalue weighted by molar-refractivity contribution is 0.475. The number of anilines is 2. The highest BCUT2D eigenvalue weighted by Crippen LogP contribution is 2.28. The first-order chi connectivity index (χ1) is 8.60. The van der Waals surface area contributed by atoms with Crippen molar-refractivity contribution in [3.63, 3.8) is 0 Å². The van der Waals surface area contributed by atoms with Crippen molar-refractivity contribution in [2.75, 3.05) is 11.4 Å². The number of phenols is 1. The van der Waals surface area contributed by atoms with Gasteiger partial charge in [0, 0.05) is 17.9 Å². The fourth-order valence-electron chi connectivity index (χ4n) is 2.25. The van der Waals surface area contributed by atoms with Crippen molar-refractivity contribution in [1.82, 2.24) is 0 Å². The molecule has 0 atom stereocenters. The molecule has 2 rings (SSSR count). The summed E-state index contributed by atoms with van der Waals surface area (Å²) in [5, 5.41) is 9.35. The van der Waals surface area contributed by atoms with Gasteiger partial charge in [-0.3, -0.25) is 0 Å². The van der Waals surface area contributed by atoms with Crippen molar-refractivity contribution in [3.8, 4) is 5.75 Å². The molecule has 0 spiro atoms. The molecule has 0 fully saturated rings. The second kappa shape index (κ2) is 5.13. The van der Waals surface area contributed by atoms with Crippen LogP contribution in [0, 0.1) is 13.8 Å². The molecule has 94 valence electrons. The summed E-state index contributed by atoms with van der Waals surface area (Å²) in [4.78, 5) is 2.24. The van der Waals surface area contributed by atoms with Crippen LogP contribution >= 0.6 is 0 Å². The maximum Gasteiger partial charge on any atom is 0.115 e. The molecule has 2 heteroatoms. The van der Waals surface area contributed by atoms with Crippen molar-refractivity contribution in [1.29, 1.82) is 0 Å². The molecule has 2 aromatic rings. The smallest absolute Gasteiger partial charge is 0.115 e. The topological polar surface area (TPSA) is 23.5 Å². The van der Waals surface area contributed by atoms with Gasteiger partial charge in [0.05, 0.1) is 0 Å². The van der Waals surface area contributed by atoms with E-state index in [0.717, 1.165) is 12.2 Å². The Bertz CT molecular complexity index is 511. The fraction of sp³-hybridized carbons (Fsp3) is 0.250. The maximum absolute atomic E-state index is 9.35. The molecule has 0 aliphatic heterocycles. The van der Waals surface area contributed by atoms with Crippen LogP contribution in [0.25, 0.3) is 0 Å². The number of aryl methyl sites for hydroxylation is 2. The Morgan fingerprint density at radius 3 is 1.94 bits per heavy atom. The summed E-state index contributed by atoms with van der Waals surface area (Å²) in [6.07, 6.45) is 0. The predicted octanol–water partition coefficient (Wildman–Crippen LogP) is 4.17. The third-order valence-electron chi connectivity index (χ3n) is 3.00. The molecule has 18 heavy (non-hydrogen) atoms. The Morgan fingerprint density at radius 1 is 0.889 bits per heavy atom. The van der Waals surface area contributed by atoms with Crippen LogP contribution in [-0.2, 0) is 0 Å². The van der Waals surface area contributed by atoms with E-state index >= 15 is 0 Å². The van der Waals surface area contributed by atoms with E-state index in [0.29, 0.717) is 5.75 Å². The zero-order chi connectivity index (χ0) is 13.1. The second-order valence-corrected chi connectivity index (χ2v) is 4.61. The van der Waals surface area contributed by atoms with Crippen LogP contribution in [0.1, 0.15) is 18.1 Å². The third kappa shape index (κ3) is 2.65. The maximum atomic E-state index is 9.35. The highest BCUT2D eigenvalue weighted by atomic mass is 16.3. The number of aromatic hydroxyl groups is 1. The minimum absolute atomic E-state index is 0.301. The first-order valence-electron chi connectivity index (χ1n) is 6.25. The van der Waals surface area contributed by atoms with Crippen molar-refractivity contribution >= 4 is 11.4 Å². The molecule has 0 amide bonds. The second-order valence-electron chi connectivity index (χ2n) is 4.61. The van der Waals surface area contributed by atoms with Crippen LogP contribution in [0.4, 0.5) is 11.4 Å². The van der Waals surface area contributed by atoms with Crippen LogP contribution in [0.2, 0.25) is 0 Å². The van der Waals surface area contributed by atoms with Crippen LogP contribution in [-0.4, -0.2) is 11.7 Å². The highest BCUT2D eigenvalue weighted by Gasteiger charge is 2.08. The molecule has 2 nitrogen and oxygen atoms in total. The lowest BCUT2D eigenvalue weighted by Crippen LogP contribution is -2.16. The number of phenolic OH excluding ortho intramolecular Hbond substituents is 1. The Balaban J connectivity index is 2.41. The number of rotatable bonds is 3. The SMILES string of the molecule is CCN(c1ccc(O)cc1)c1cc(C)cc(C)c1. The molecule has 2 aromatic carbocycles. The molecule has 1 N–H and O–H groups in total. The van der Waals surface area contributed by atoms with Gasteiger partial charge in [0.2, 0.25) is 0 Å². The summed E-state index contributed by atoms with van der Waals surface area (Å²) in [6, 6.07) is 13.9. The summed E-state index contributed by atoms with van der Waals surface area (Å²) in [5.74, 6) is 0.301. The Kier molecular flexibility index (Phi) is 3.56. The van der Waals surface area contributed by atoms with Gasteiger partial charge in [-0.05, 0) is 68.3 Å². The lowest BCUT2D eigenvalue weighted by atomic mass is 10.1. The van der Waals surface area contributed by atoms with Gasteiger partial charge in [0.15, 0.2) is 0 Å². The quantitative estimate of drug-likeness (QED) is 0.872. The summed E-state index contributed by atoms with van der Waals surface area (Å²) in [6.45, 7) is 7.25. The van der Waals surface area contributed by atoms with Gasteiger partial charge < -0.3 is 10.0 Å². The monoisotopic (exact) mass is 241 g/mol. The Hall–Kier alpha value is -1.96. The van der Waals surface area contributed by atoms with Crippen LogP contribution in [0.15, 0.2) is 42.5 Å². The summed E-state index contributed by atoms with van der Waals surface area (Å²) >= 11 is 0. The summed E-state index contributed by atoms with van der Waals surface area (Å²) < 4.78 is 0. The van der Waals surface area contributed by atoms with Gasteiger partial charge in [-0.2, -0.15) is 0 Å². The number of nitrogens with zero attached hydrogens (tertiary/aromatic N) is 1. The van der Waals surface area contributed by atoms with Gasteiger partial charge >= 0.3 is 0 Å².